The number of nitrogens with one attached hydrogen (secondary N) is 1. The van der Waals surface area contributed by atoms with E-state index in [2.05, 4.69) is 28.1 Å². The molecule has 1 aromatic heterocycles. The molecule has 23 heavy (non-hydrogen) atoms. The summed E-state index contributed by atoms with van der Waals surface area (Å²) in [5, 5.41) is 3.03. The van der Waals surface area contributed by atoms with Crippen LogP contribution in [-0.4, -0.2) is 15.5 Å². The van der Waals surface area contributed by atoms with Crippen LogP contribution >= 0.6 is 0 Å². The molecule has 0 saturated heterocycles. The predicted octanol–water partition coefficient (Wildman–Crippen LogP) is 4.06. The molecule has 4 rings (SSSR count). The van der Waals surface area contributed by atoms with Crippen LogP contribution in [-0.2, 0) is 17.8 Å². The number of anilines is 1. The number of hydrogen-bond donors (Lipinski definition) is 1. The Bertz CT molecular complexity index is 759. The second-order valence-electron chi connectivity index (χ2n) is 6.71. The van der Waals surface area contributed by atoms with Crippen molar-refractivity contribution in [1.82, 2.24) is 9.55 Å². The minimum absolute atomic E-state index is 0.0988. The highest BCUT2D eigenvalue weighted by molar-refractivity contribution is 5.93. The summed E-state index contributed by atoms with van der Waals surface area (Å²) in [6.45, 7) is 1.06. The van der Waals surface area contributed by atoms with Gasteiger partial charge < -0.3 is 9.88 Å². The molecule has 1 aromatic carbocycles. The van der Waals surface area contributed by atoms with Gasteiger partial charge >= 0.3 is 0 Å². The highest BCUT2D eigenvalue weighted by Crippen LogP contribution is 2.25. The van der Waals surface area contributed by atoms with Crippen LogP contribution in [0, 0.1) is 5.92 Å². The van der Waals surface area contributed by atoms with E-state index in [0.717, 1.165) is 37.0 Å². The summed E-state index contributed by atoms with van der Waals surface area (Å²) < 4.78 is 2.34. The van der Waals surface area contributed by atoms with Crippen LogP contribution in [0.5, 0.6) is 0 Å². The van der Waals surface area contributed by atoms with Crippen molar-refractivity contribution < 1.29 is 4.79 Å². The summed E-state index contributed by atoms with van der Waals surface area (Å²) in [6, 6.07) is 6.12. The Morgan fingerprint density at radius 2 is 2.26 bits per heavy atom. The van der Waals surface area contributed by atoms with Crippen LogP contribution in [0.15, 0.2) is 30.4 Å². The third-order valence-corrected chi connectivity index (χ3v) is 4.95. The molecule has 4 nitrogen and oxygen atoms in total. The van der Waals surface area contributed by atoms with E-state index in [-0.39, 0.29) is 5.91 Å². The summed E-state index contributed by atoms with van der Waals surface area (Å²) >= 11 is 0. The zero-order chi connectivity index (χ0) is 15.6. The maximum absolute atomic E-state index is 12.2. The normalized spacial score (nSPS) is 20.4. The molecule has 1 aliphatic heterocycles. The SMILES string of the molecule is O=C(CC1C=CCC1)Nc1ccc2c(c1)nc1n2CCCCC1. The van der Waals surface area contributed by atoms with Crippen molar-refractivity contribution in [3.05, 3.63) is 36.2 Å². The second kappa shape index (κ2) is 6.19. The first kappa shape index (κ1) is 14.5. The molecule has 0 spiro atoms. The number of carbonyl (C=O) groups is 1. The van der Waals surface area contributed by atoms with E-state index in [1.54, 1.807) is 0 Å². The van der Waals surface area contributed by atoms with Crippen LogP contribution in [0.4, 0.5) is 5.69 Å². The van der Waals surface area contributed by atoms with Gasteiger partial charge in [-0.05, 0) is 49.8 Å². The van der Waals surface area contributed by atoms with Crippen molar-refractivity contribution in [3.8, 4) is 0 Å². The minimum atomic E-state index is 0.0988. The number of aromatic nitrogens is 2. The monoisotopic (exact) mass is 309 g/mol. The first-order valence-electron chi connectivity index (χ1n) is 8.75. The van der Waals surface area contributed by atoms with E-state index >= 15 is 0 Å². The first-order chi connectivity index (χ1) is 11.3. The van der Waals surface area contributed by atoms with E-state index < -0.39 is 0 Å². The summed E-state index contributed by atoms with van der Waals surface area (Å²) in [7, 11) is 0. The minimum Gasteiger partial charge on any atom is -0.328 e. The average Bonchev–Trinajstić information content (AvgIpc) is 3.09. The van der Waals surface area contributed by atoms with Gasteiger partial charge in [-0.1, -0.05) is 18.6 Å². The Morgan fingerprint density at radius 3 is 3.13 bits per heavy atom. The molecule has 2 heterocycles. The molecule has 0 fully saturated rings. The fourth-order valence-electron chi connectivity index (χ4n) is 3.74. The summed E-state index contributed by atoms with van der Waals surface area (Å²) in [6.07, 6.45) is 11.9. The Hall–Kier alpha value is -2.10. The molecule has 1 unspecified atom stereocenters. The Labute approximate surface area is 136 Å². The third kappa shape index (κ3) is 3.03. The van der Waals surface area contributed by atoms with Crippen molar-refractivity contribution in [2.45, 2.75) is 51.5 Å². The van der Waals surface area contributed by atoms with Gasteiger partial charge in [0.05, 0.1) is 11.0 Å². The topological polar surface area (TPSA) is 46.9 Å². The lowest BCUT2D eigenvalue weighted by Gasteiger charge is -2.09. The number of nitrogens with zero attached hydrogens (tertiary/aromatic N) is 2. The van der Waals surface area contributed by atoms with E-state index in [4.69, 9.17) is 4.98 Å². The lowest BCUT2D eigenvalue weighted by Crippen LogP contribution is -2.14. The molecular weight excluding hydrogens is 286 g/mol. The van der Waals surface area contributed by atoms with Gasteiger partial charge in [0.1, 0.15) is 5.82 Å². The fraction of sp³-hybridized carbons (Fsp3) is 0.474. The molecule has 0 saturated carbocycles. The molecular formula is C19H23N3O. The Morgan fingerprint density at radius 1 is 1.30 bits per heavy atom. The van der Waals surface area contributed by atoms with Crippen molar-refractivity contribution in [3.63, 3.8) is 0 Å². The molecule has 2 aromatic rings. The lowest BCUT2D eigenvalue weighted by molar-refractivity contribution is -0.116. The number of aryl methyl sites for hydroxylation is 2. The number of fused-ring (bicyclic) bond motifs is 3. The molecule has 4 heteroatoms. The maximum atomic E-state index is 12.2. The quantitative estimate of drug-likeness (QED) is 0.869. The molecule has 1 amide bonds. The maximum Gasteiger partial charge on any atom is 0.224 e. The summed E-state index contributed by atoms with van der Waals surface area (Å²) in [4.78, 5) is 17.0. The number of hydrogen-bond acceptors (Lipinski definition) is 2. The lowest BCUT2D eigenvalue weighted by atomic mass is 10.1. The summed E-state index contributed by atoms with van der Waals surface area (Å²) in [5.74, 6) is 1.70. The Kier molecular flexibility index (Phi) is 3.90. The van der Waals surface area contributed by atoms with Gasteiger partial charge in [-0.3, -0.25) is 4.79 Å². The molecule has 0 bridgehead atoms. The first-order valence-corrected chi connectivity index (χ1v) is 8.75. The van der Waals surface area contributed by atoms with Crippen molar-refractivity contribution in [2.24, 2.45) is 5.92 Å². The molecule has 0 radical (unpaired) electrons. The zero-order valence-corrected chi connectivity index (χ0v) is 13.4. The van der Waals surface area contributed by atoms with Crippen molar-refractivity contribution in [2.75, 3.05) is 5.32 Å². The molecule has 120 valence electrons. The molecule has 1 aliphatic carbocycles. The van der Waals surface area contributed by atoms with Crippen molar-refractivity contribution in [1.29, 1.82) is 0 Å². The van der Waals surface area contributed by atoms with Crippen LogP contribution in [0.2, 0.25) is 0 Å². The number of amides is 1. The van der Waals surface area contributed by atoms with E-state index in [1.165, 1.54) is 30.6 Å². The van der Waals surface area contributed by atoms with Gasteiger partial charge in [-0.2, -0.15) is 0 Å². The van der Waals surface area contributed by atoms with Gasteiger partial charge in [0.15, 0.2) is 0 Å². The van der Waals surface area contributed by atoms with Crippen LogP contribution in [0.1, 0.15) is 44.3 Å². The van der Waals surface area contributed by atoms with Crippen LogP contribution in [0.3, 0.4) is 0 Å². The number of carbonyl (C=O) groups excluding carboxylic acids is 1. The highest BCUT2D eigenvalue weighted by Gasteiger charge is 2.16. The third-order valence-electron chi connectivity index (χ3n) is 4.95. The van der Waals surface area contributed by atoms with E-state index in [0.29, 0.717) is 12.3 Å². The van der Waals surface area contributed by atoms with E-state index in [1.807, 2.05) is 12.1 Å². The predicted molar refractivity (Wildman–Crippen MR) is 92.4 cm³/mol. The van der Waals surface area contributed by atoms with Crippen molar-refractivity contribution >= 4 is 22.6 Å². The number of rotatable bonds is 3. The average molecular weight is 309 g/mol. The second-order valence-corrected chi connectivity index (χ2v) is 6.71. The zero-order valence-electron chi connectivity index (χ0n) is 13.4. The Balaban J connectivity index is 1.52. The van der Waals surface area contributed by atoms with Crippen LogP contribution < -0.4 is 5.32 Å². The van der Waals surface area contributed by atoms with Gasteiger partial charge in [-0.25, -0.2) is 4.98 Å². The smallest absolute Gasteiger partial charge is 0.224 e. The number of benzene rings is 1. The van der Waals surface area contributed by atoms with Crippen LogP contribution in [0.25, 0.3) is 11.0 Å². The van der Waals surface area contributed by atoms with E-state index in [9.17, 15) is 4.79 Å². The fourth-order valence-corrected chi connectivity index (χ4v) is 3.74. The standard InChI is InChI=1S/C19H23N3O/c23-19(12-14-6-3-4-7-14)20-15-9-10-17-16(13-15)21-18-8-2-1-5-11-22(17)18/h3,6,9-10,13-14H,1-2,4-5,7-8,11-12H2,(H,20,23). The van der Waals surface area contributed by atoms with Gasteiger partial charge in [0.25, 0.3) is 0 Å². The highest BCUT2D eigenvalue weighted by atomic mass is 16.1. The molecule has 1 atom stereocenters. The molecule has 1 N–H and O–H groups in total. The number of imidazole rings is 1. The number of allylic oxidation sites excluding steroid dienone is 2. The van der Waals surface area contributed by atoms with Gasteiger partial charge in [0, 0.05) is 25.1 Å². The largest absolute Gasteiger partial charge is 0.328 e. The van der Waals surface area contributed by atoms with Gasteiger partial charge in [-0.15, -0.1) is 0 Å². The summed E-state index contributed by atoms with van der Waals surface area (Å²) in [5.41, 5.74) is 3.05. The van der Waals surface area contributed by atoms with Gasteiger partial charge in [0.2, 0.25) is 5.91 Å². The molecule has 2 aliphatic rings.